The second-order valence-electron chi connectivity index (χ2n) is 6.97. The van der Waals surface area contributed by atoms with E-state index in [1.165, 1.54) is 32.2 Å². The Morgan fingerprint density at radius 1 is 1.06 bits per heavy atom. The summed E-state index contributed by atoms with van der Waals surface area (Å²) in [4.78, 5) is 0. The van der Waals surface area contributed by atoms with E-state index in [4.69, 9.17) is 5.73 Å². The van der Waals surface area contributed by atoms with E-state index in [2.05, 4.69) is 26.1 Å². The molecule has 94 valence electrons. The fraction of sp³-hybridized carbons (Fsp3) is 1.00. The summed E-state index contributed by atoms with van der Waals surface area (Å²) in [6.07, 6.45) is 5.92. The van der Waals surface area contributed by atoms with E-state index < -0.39 is 0 Å². The molecule has 2 saturated carbocycles. The van der Waals surface area contributed by atoms with Gasteiger partial charge in [-0.1, -0.05) is 20.8 Å². The van der Waals surface area contributed by atoms with Crippen molar-refractivity contribution in [1.29, 1.82) is 0 Å². The van der Waals surface area contributed by atoms with E-state index >= 15 is 0 Å². The predicted molar refractivity (Wildman–Crippen MR) is 69.2 cm³/mol. The van der Waals surface area contributed by atoms with Crippen molar-refractivity contribution in [2.75, 3.05) is 13.1 Å². The van der Waals surface area contributed by atoms with Crippen molar-refractivity contribution < 1.29 is 0 Å². The number of nitrogens with one attached hydrogen (secondary N) is 1. The van der Waals surface area contributed by atoms with Crippen LogP contribution < -0.4 is 11.1 Å². The standard InChI is InChI=1S/C14H28N2/c1-14(2,3)13(15)9-16-8-12(10-4-5-10)11-6-7-11/h10-13,16H,4-9,15H2,1-3H3. The molecular formula is C14H28N2. The normalized spacial score (nSPS) is 23.8. The summed E-state index contributed by atoms with van der Waals surface area (Å²) in [5.74, 6) is 3.06. The topological polar surface area (TPSA) is 38.0 Å². The van der Waals surface area contributed by atoms with Gasteiger partial charge in [-0.05, 0) is 55.4 Å². The van der Waals surface area contributed by atoms with Gasteiger partial charge in [0, 0.05) is 12.6 Å². The SMILES string of the molecule is CC(C)(C)C(N)CNCC(C1CC1)C1CC1. The maximum absolute atomic E-state index is 6.16. The Morgan fingerprint density at radius 2 is 1.56 bits per heavy atom. The molecule has 0 aromatic carbocycles. The Balaban J connectivity index is 1.66. The van der Waals surface area contributed by atoms with E-state index in [1.54, 1.807) is 0 Å². The van der Waals surface area contributed by atoms with Crippen LogP contribution in [0.1, 0.15) is 46.5 Å². The molecule has 0 heterocycles. The van der Waals surface area contributed by atoms with Crippen molar-refractivity contribution in [3.05, 3.63) is 0 Å². The maximum Gasteiger partial charge on any atom is 0.0214 e. The molecule has 3 N–H and O–H groups in total. The minimum atomic E-state index is 0.224. The number of hydrogen-bond acceptors (Lipinski definition) is 2. The van der Waals surface area contributed by atoms with Gasteiger partial charge in [-0.3, -0.25) is 0 Å². The zero-order chi connectivity index (χ0) is 11.8. The van der Waals surface area contributed by atoms with Crippen LogP contribution in [0.3, 0.4) is 0 Å². The molecule has 16 heavy (non-hydrogen) atoms. The molecule has 2 nitrogen and oxygen atoms in total. The van der Waals surface area contributed by atoms with Crippen LogP contribution in [0.2, 0.25) is 0 Å². The van der Waals surface area contributed by atoms with Gasteiger partial charge >= 0.3 is 0 Å². The van der Waals surface area contributed by atoms with Gasteiger partial charge in [0.25, 0.3) is 0 Å². The average Bonchev–Trinajstić information content (AvgIpc) is 2.99. The molecule has 1 unspecified atom stereocenters. The molecule has 2 heteroatoms. The van der Waals surface area contributed by atoms with Crippen molar-refractivity contribution in [2.24, 2.45) is 28.9 Å². The first-order chi connectivity index (χ1) is 7.48. The van der Waals surface area contributed by atoms with Gasteiger partial charge in [0.2, 0.25) is 0 Å². The summed E-state index contributed by atoms with van der Waals surface area (Å²) in [5, 5.41) is 3.61. The van der Waals surface area contributed by atoms with Crippen molar-refractivity contribution in [3.8, 4) is 0 Å². The number of rotatable bonds is 6. The van der Waals surface area contributed by atoms with E-state index in [0.717, 1.165) is 24.3 Å². The minimum absolute atomic E-state index is 0.224. The molecule has 0 bridgehead atoms. The lowest BCUT2D eigenvalue weighted by Crippen LogP contribution is -2.44. The molecule has 0 aromatic rings. The lowest BCUT2D eigenvalue weighted by atomic mass is 9.87. The van der Waals surface area contributed by atoms with Gasteiger partial charge in [-0.2, -0.15) is 0 Å². The smallest absolute Gasteiger partial charge is 0.0214 e. The van der Waals surface area contributed by atoms with Crippen LogP contribution >= 0.6 is 0 Å². The lowest BCUT2D eigenvalue weighted by molar-refractivity contribution is 0.294. The molecule has 0 radical (unpaired) electrons. The molecule has 0 spiro atoms. The second kappa shape index (κ2) is 4.66. The summed E-state index contributed by atoms with van der Waals surface area (Å²) in [5.41, 5.74) is 6.38. The van der Waals surface area contributed by atoms with Crippen molar-refractivity contribution in [2.45, 2.75) is 52.5 Å². The summed E-state index contributed by atoms with van der Waals surface area (Å²) in [7, 11) is 0. The minimum Gasteiger partial charge on any atom is -0.326 e. The molecule has 0 amide bonds. The predicted octanol–water partition coefficient (Wildman–Crippen LogP) is 2.39. The molecule has 0 saturated heterocycles. The molecule has 0 aliphatic heterocycles. The molecule has 2 rings (SSSR count). The molecule has 0 aromatic heterocycles. The van der Waals surface area contributed by atoms with Gasteiger partial charge in [0.15, 0.2) is 0 Å². The Morgan fingerprint density at radius 3 is 1.94 bits per heavy atom. The van der Waals surface area contributed by atoms with E-state index in [1.807, 2.05) is 0 Å². The summed E-state index contributed by atoms with van der Waals surface area (Å²) >= 11 is 0. The van der Waals surface area contributed by atoms with E-state index in [-0.39, 0.29) is 11.5 Å². The first-order valence-electron chi connectivity index (χ1n) is 6.95. The van der Waals surface area contributed by atoms with Crippen molar-refractivity contribution >= 4 is 0 Å². The van der Waals surface area contributed by atoms with Crippen LogP contribution in [0, 0.1) is 23.2 Å². The van der Waals surface area contributed by atoms with E-state index in [0.29, 0.717) is 0 Å². The third kappa shape index (κ3) is 3.46. The van der Waals surface area contributed by atoms with Crippen LogP contribution in [0.4, 0.5) is 0 Å². The lowest BCUT2D eigenvalue weighted by Gasteiger charge is -2.28. The van der Waals surface area contributed by atoms with Crippen LogP contribution in [0.5, 0.6) is 0 Å². The Hall–Kier alpha value is -0.0800. The van der Waals surface area contributed by atoms with Gasteiger partial charge in [-0.15, -0.1) is 0 Å². The zero-order valence-corrected chi connectivity index (χ0v) is 11.1. The largest absolute Gasteiger partial charge is 0.326 e. The maximum atomic E-state index is 6.16. The van der Waals surface area contributed by atoms with Crippen molar-refractivity contribution in [3.63, 3.8) is 0 Å². The molecule has 2 aliphatic carbocycles. The number of hydrogen-bond donors (Lipinski definition) is 2. The van der Waals surface area contributed by atoms with Crippen LogP contribution in [0.15, 0.2) is 0 Å². The fourth-order valence-electron chi connectivity index (χ4n) is 2.48. The first kappa shape index (κ1) is 12.4. The first-order valence-corrected chi connectivity index (χ1v) is 6.95. The monoisotopic (exact) mass is 224 g/mol. The molecule has 2 fully saturated rings. The van der Waals surface area contributed by atoms with Gasteiger partial charge < -0.3 is 11.1 Å². The average molecular weight is 224 g/mol. The van der Waals surface area contributed by atoms with Gasteiger partial charge in [0.05, 0.1) is 0 Å². The quantitative estimate of drug-likeness (QED) is 0.727. The molecular weight excluding hydrogens is 196 g/mol. The Bertz CT molecular complexity index is 211. The summed E-state index contributed by atoms with van der Waals surface area (Å²) in [6, 6.07) is 0.270. The van der Waals surface area contributed by atoms with Gasteiger partial charge in [0.1, 0.15) is 0 Å². The third-order valence-electron chi connectivity index (χ3n) is 4.31. The van der Waals surface area contributed by atoms with Crippen LogP contribution in [-0.4, -0.2) is 19.1 Å². The van der Waals surface area contributed by atoms with Gasteiger partial charge in [-0.25, -0.2) is 0 Å². The van der Waals surface area contributed by atoms with Crippen molar-refractivity contribution in [1.82, 2.24) is 5.32 Å². The highest BCUT2D eigenvalue weighted by Crippen LogP contribution is 2.48. The van der Waals surface area contributed by atoms with E-state index in [9.17, 15) is 0 Å². The molecule has 2 aliphatic rings. The second-order valence-corrected chi connectivity index (χ2v) is 6.97. The van der Waals surface area contributed by atoms with Crippen LogP contribution in [0.25, 0.3) is 0 Å². The highest BCUT2D eigenvalue weighted by atomic mass is 14.9. The highest BCUT2D eigenvalue weighted by molar-refractivity contribution is 4.92. The Labute approximate surface area is 100 Å². The highest BCUT2D eigenvalue weighted by Gasteiger charge is 2.40. The third-order valence-corrected chi connectivity index (χ3v) is 4.31. The molecule has 1 atom stereocenters. The fourth-order valence-corrected chi connectivity index (χ4v) is 2.48. The Kier molecular flexibility index (Phi) is 3.60. The van der Waals surface area contributed by atoms with Crippen LogP contribution in [-0.2, 0) is 0 Å². The zero-order valence-electron chi connectivity index (χ0n) is 11.1. The summed E-state index contributed by atoms with van der Waals surface area (Å²) < 4.78 is 0. The number of nitrogens with two attached hydrogens (primary N) is 1. The summed E-state index contributed by atoms with van der Waals surface area (Å²) in [6.45, 7) is 8.84.